The highest BCUT2D eigenvalue weighted by Crippen LogP contribution is 2.60. The molecule has 4 aliphatic carbocycles. The SMILES string of the molecule is C/C(=N\NC(=O)C12CC3CC(CC(C3)C1)C2)c1cc(O)ccc1O. The maximum atomic E-state index is 12.9. The van der Waals surface area contributed by atoms with E-state index < -0.39 is 0 Å². The smallest absolute Gasteiger partial charge is 0.246 e. The molecule has 1 aromatic carbocycles. The molecule has 0 aromatic heterocycles. The summed E-state index contributed by atoms with van der Waals surface area (Å²) in [5, 5.41) is 23.7. The summed E-state index contributed by atoms with van der Waals surface area (Å²) >= 11 is 0. The lowest BCUT2D eigenvalue weighted by molar-refractivity contribution is -0.146. The summed E-state index contributed by atoms with van der Waals surface area (Å²) in [5.41, 5.74) is 3.42. The largest absolute Gasteiger partial charge is 0.508 e. The highest BCUT2D eigenvalue weighted by molar-refractivity contribution is 6.02. The van der Waals surface area contributed by atoms with Crippen LogP contribution in [0.25, 0.3) is 0 Å². The van der Waals surface area contributed by atoms with E-state index >= 15 is 0 Å². The second-order valence-corrected chi connectivity index (χ2v) is 8.04. The van der Waals surface area contributed by atoms with E-state index in [4.69, 9.17) is 0 Å². The Labute approximate surface area is 141 Å². The average Bonchev–Trinajstić information content (AvgIpc) is 2.53. The Balaban J connectivity index is 1.51. The van der Waals surface area contributed by atoms with Gasteiger partial charge in [0.25, 0.3) is 0 Å². The van der Waals surface area contributed by atoms with Crippen LogP contribution >= 0.6 is 0 Å². The van der Waals surface area contributed by atoms with Crippen LogP contribution < -0.4 is 5.43 Å². The summed E-state index contributed by atoms with van der Waals surface area (Å²) in [6, 6.07) is 4.29. The van der Waals surface area contributed by atoms with Gasteiger partial charge in [-0.25, -0.2) is 5.43 Å². The van der Waals surface area contributed by atoms with Gasteiger partial charge in [0, 0.05) is 5.56 Å². The third-order valence-corrected chi connectivity index (χ3v) is 6.21. The predicted molar refractivity (Wildman–Crippen MR) is 90.7 cm³/mol. The number of carbonyl (C=O) groups is 1. The van der Waals surface area contributed by atoms with E-state index in [1.165, 1.54) is 37.5 Å². The van der Waals surface area contributed by atoms with E-state index in [1.54, 1.807) is 6.92 Å². The summed E-state index contributed by atoms with van der Waals surface area (Å²) in [6.07, 6.45) is 6.88. The van der Waals surface area contributed by atoms with Crippen LogP contribution in [0.15, 0.2) is 23.3 Å². The second-order valence-electron chi connectivity index (χ2n) is 8.04. The summed E-state index contributed by atoms with van der Waals surface area (Å²) in [4.78, 5) is 12.9. The number of nitrogens with one attached hydrogen (secondary N) is 1. The fourth-order valence-corrected chi connectivity index (χ4v) is 5.52. The van der Waals surface area contributed by atoms with Crippen molar-refractivity contribution in [2.75, 3.05) is 0 Å². The monoisotopic (exact) mass is 328 g/mol. The van der Waals surface area contributed by atoms with Crippen LogP contribution in [0.1, 0.15) is 51.0 Å². The van der Waals surface area contributed by atoms with Crippen molar-refractivity contribution < 1.29 is 15.0 Å². The van der Waals surface area contributed by atoms with Gasteiger partial charge in [-0.15, -0.1) is 0 Å². The minimum atomic E-state index is -0.237. The quantitative estimate of drug-likeness (QED) is 0.453. The van der Waals surface area contributed by atoms with Gasteiger partial charge in [0.1, 0.15) is 11.5 Å². The fraction of sp³-hybridized carbons (Fsp3) is 0.579. The molecule has 128 valence electrons. The number of hydrogen-bond acceptors (Lipinski definition) is 4. The number of rotatable bonds is 3. The van der Waals surface area contributed by atoms with Gasteiger partial charge in [-0.05, 0) is 81.4 Å². The topological polar surface area (TPSA) is 81.9 Å². The van der Waals surface area contributed by atoms with Crippen molar-refractivity contribution >= 4 is 11.6 Å². The third-order valence-electron chi connectivity index (χ3n) is 6.21. The summed E-state index contributed by atoms with van der Waals surface area (Å²) < 4.78 is 0. The van der Waals surface area contributed by atoms with Crippen LogP contribution in [0.3, 0.4) is 0 Å². The molecule has 5 nitrogen and oxygen atoms in total. The number of benzene rings is 1. The maximum absolute atomic E-state index is 12.9. The minimum absolute atomic E-state index is 0.0283. The first-order valence-corrected chi connectivity index (χ1v) is 8.82. The van der Waals surface area contributed by atoms with Crippen LogP contribution in [0, 0.1) is 23.2 Å². The number of phenolic OH excluding ortho intramolecular Hbond substituents is 2. The Kier molecular flexibility index (Phi) is 3.55. The molecule has 1 aromatic rings. The Morgan fingerprint density at radius 2 is 1.71 bits per heavy atom. The van der Waals surface area contributed by atoms with Gasteiger partial charge in [-0.3, -0.25) is 4.79 Å². The molecule has 3 N–H and O–H groups in total. The van der Waals surface area contributed by atoms with Gasteiger partial charge in [0.15, 0.2) is 0 Å². The first-order valence-electron chi connectivity index (χ1n) is 8.82. The van der Waals surface area contributed by atoms with Gasteiger partial charge in [0.2, 0.25) is 5.91 Å². The van der Waals surface area contributed by atoms with E-state index in [1.807, 2.05) is 0 Å². The molecule has 4 bridgehead atoms. The first kappa shape index (κ1) is 15.5. The molecule has 0 spiro atoms. The zero-order valence-corrected chi connectivity index (χ0v) is 14.0. The molecule has 0 heterocycles. The Bertz CT molecular complexity index is 675. The molecule has 5 heteroatoms. The Hall–Kier alpha value is -2.04. The lowest BCUT2D eigenvalue weighted by Crippen LogP contribution is -2.52. The number of phenols is 2. The molecule has 24 heavy (non-hydrogen) atoms. The normalized spacial score (nSPS) is 34.4. The van der Waals surface area contributed by atoms with Crippen molar-refractivity contribution in [3.05, 3.63) is 23.8 Å². The van der Waals surface area contributed by atoms with E-state index in [-0.39, 0.29) is 22.8 Å². The molecule has 4 saturated carbocycles. The minimum Gasteiger partial charge on any atom is -0.508 e. The standard InChI is InChI=1S/C19H24N2O3/c1-11(16-7-15(22)2-3-17(16)23)20-21-18(24)19-8-12-4-13(9-19)6-14(5-12)10-19/h2-3,7,12-14,22-23H,4-6,8-10H2,1H3,(H,21,24)/b20-11+. The van der Waals surface area contributed by atoms with Crippen molar-refractivity contribution in [3.63, 3.8) is 0 Å². The highest BCUT2D eigenvalue weighted by atomic mass is 16.3. The lowest BCUT2D eigenvalue weighted by atomic mass is 9.49. The molecular weight excluding hydrogens is 304 g/mol. The second kappa shape index (κ2) is 5.50. The van der Waals surface area contributed by atoms with Gasteiger partial charge in [0.05, 0.1) is 11.1 Å². The van der Waals surface area contributed by atoms with Crippen molar-refractivity contribution in [1.82, 2.24) is 5.43 Å². The predicted octanol–water partition coefficient (Wildman–Crippen LogP) is 3.15. The van der Waals surface area contributed by atoms with E-state index in [0.717, 1.165) is 19.3 Å². The lowest BCUT2D eigenvalue weighted by Gasteiger charge is -2.55. The zero-order chi connectivity index (χ0) is 16.9. The molecule has 0 saturated heterocycles. The maximum Gasteiger partial charge on any atom is 0.246 e. The average molecular weight is 328 g/mol. The Morgan fingerprint density at radius 1 is 1.12 bits per heavy atom. The molecule has 0 radical (unpaired) electrons. The van der Waals surface area contributed by atoms with Crippen molar-refractivity contribution in [3.8, 4) is 11.5 Å². The van der Waals surface area contributed by atoms with Crippen molar-refractivity contribution in [2.45, 2.75) is 45.4 Å². The molecular formula is C19H24N2O3. The Morgan fingerprint density at radius 3 is 2.29 bits per heavy atom. The van der Waals surface area contributed by atoms with Gasteiger partial charge in [-0.2, -0.15) is 5.10 Å². The third kappa shape index (κ3) is 2.56. The summed E-state index contributed by atoms with van der Waals surface area (Å²) in [6.45, 7) is 1.72. The summed E-state index contributed by atoms with van der Waals surface area (Å²) in [5.74, 6) is 2.26. The van der Waals surface area contributed by atoms with Crippen LogP contribution in [0.4, 0.5) is 0 Å². The number of hydrogen-bond donors (Lipinski definition) is 3. The molecule has 4 aliphatic rings. The number of carbonyl (C=O) groups excluding carboxylic acids is 1. The molecule has 0 unspecified atom stereocenters. The summed E-state index contributed by atoms with van der Waals surface area (Å²) in [7, 11) is 0. The van der Waals surface area contributed by atoms with Crippen molar-refractivity contribution in [2.24, 2.45) is 28.3 Å². The van der Waals surface area contributed by atoms with Crippen LogP contribution in [0.2, 0.25) is 0 Å². The van der Waals surface area contributed by atoms with Crippen LogP contribution in [-0.2, 0) is 4.79 Å². The molecule has 4 fully saturated rings. The number of aromatic hydroxyl groups is 2. The zero-order valence-electron chi connectivity index (χ0n) is 14.0. The number of hydrazone groups is 1. The molecule has 0 aliphatic heterocycles. The van der Waals surface area contributed by atoms with Gasteiger partial charge >= 0.3 is 0 Å². The first-order chi connectivity index (χ1) is 11.4. The van der Waals surface area contributed by atoms with Crippen LogP contribution in [-0.4, -0.2) is 21.8 Å². The van der Waals surface area contributed by atoms with E-state index in [2.05, 4.69) is 10.5 Å². The van der Waals surface area contributed by atoms with Crippen LogP contribution in [0.5, 0.6) is 11.5 Å². The van der Waals surface area contributed by atoms with Gasteiger partial charge in [-0.1, -0.05) is 0 Å². The molecule has 0 atom stereocenters. The van der Waals surface area contributed by atoms with E-state index in [0.29, 0.717) is 29.0 Å². The highest BCUT2D eigenvalue weighted by Gasteiger charge is 2.54. The fourth-order valence-electron chi connectivity index (χ4n) is 5.52. The number of nitrogens with zero attached hydrogens (tertiary/aromatic N) is 1. The molecule has 1 amide bonds. The molecule has 5 rings (SSSR count). The number of amides is 1. The van der Waals surface area contributed by atoms with Crippen molar-refractivity contribution in [1.29, 1.82) is 0 Å². The van der Waals surface area contributed by atoms with E-state index in [9.17, 15) is 15.0 Å². The van der Waals surface area contributed by atoms with Gasteiger partial charge < -0.3 is 10.2 Å².